The third-order valence-corrected chi connectivity index (χ3v) is 4.49. The van der Waals surface area contributed by atoms with Crippen molar-refractivity contribution in [3.05, 3.63) is 59.7 Å². The molecule has 2 heterocycles. The molecule has 2 aliphatic rings. The maximum absolute atomic E-state index is 12.4. The van der Waals surface area contributed by atoms with E-state index in [-0.39, 0.29) is 18.2 Å². The Hall–Kier alpha value is -2.49. The van der Waals surface area contributed by atoms with Crippen LogP contribution in [-0.4, -0.2) is 19.2 Å². The first-order valence-corrected chi connectivity index (χ1v) is 7.49. The molecule has 1 amide bonds. The van der Waals surface area contributed by atoms with E-state index in [2.05, 4.69) is 0 Å². The fourth-order valence-electron chi connectivity index (χ4n) is 3.43. The number of nitrogens with zero attached hydrogens (tertiary/aromatic N) is 1. The van der Waals surface area contributed by atoms with E-state index in [1.165, 1.54) is 0 Å². The topological polar surface area (TPSA) is 38.8 Å². The van der Waals surface area contributed by atoms with Gasteiger partial charge in [-0.15, -0.1) is 0 Å². The number of amides is 1. The van der Waals surface area contributed by atoms with Gasteiger partial charge < -0.3 is 9.47 Å². The number of hydrogen-bond acceptors (Lipinski definition) is 3. The number of ether oxygens (including phenoxy) is 2. The first kappa shape index (κ1) is 13.2. The van der Waals surface area contributed by atoms with E-state index in [9.17, 15) is 4.79 Å². The highest BCUT2D eigenvalue weighted by Gasteiger charge is 2.45. The van der Waals surface area contributed by atoms with E-state index in [4.69, 9.17) is 9.47 Å². The largest absolute Gasteiger partial charge is 0.497 e. The summed E-state index contributed by atoms with van der Waals surface area (Å²) < 4.78 is 10.9. The molecule has 0 radical (unpaired) electrons. The van der Waals surface area contributed by atoms with Gasteiger partial charge in [0.15, 0.2) is 0 Å². The molecule has 2 aromatic rings. The molecule has 0 spiro atoms. The molecule has 0 unspecified atom stereocenters. The van der Waals surface area contributed by atoms with E-state index < -0.39 is 0 Å². The molecule has 0 N–H and O–H groups in total. The van der Waals surface area contributed by atoms with Gasteiger partial charge in [-0.05, 0) is 42.2 Å². The van der Waals surface area contributed by atoms with Gasteiger partial charge in [-0.2, -0.15) is 0 Å². The number of benzene rings is 2. The van der Waals surface area contributed by atoms with Crippen molar-refractivity contribution < 1.29 is 14.3 Å². The van der Waals surface area contributed by atoms with Crippen LogP contribution in [0.5, 0.6) is 5.75 Å². The van der Waals surface area contributed by atoms with Crippen LogP contribution in [0.1, 0.15) is 23.7 Å². The van der Waals surface area contributed by atoms with Crippen LogP contribution in [-0.2, 0) is 11.2 Å². The molecular formula is C18H17NO3. The Balaban J connectivity index is 1.72. The molecule has 2 atom stereocenters. The minimum Gasteiger partial charge on any atom is -0.497 e. The van der Waals surface area contributed by atoms with Crippen molar-refractivity contribution in [3.63, 3.8) is 0 Å². The standard InChI is InChI=1S/C18H17NO3/c1-21-14-8-10-15-13(11-14)7-9-16-17(22-18(20)19(15)16)12-5-3-2-4-6-12/h2-6,8,10-11,16-17H,7,9H2,1H3/t16-,17-/m0/s1. The second-order valence-corrected chi connectivity index (χ2v) is 5.69. The number of cyclic esters (lactones) is 1. The van der Waals surface area contributed by atoms with Gasteiger partial charge in [0.2, 0.25) is 0 Å². The zero-order chi connectivity index (χ0) is 15.1. The smallest absolute Gasteiger partial charge is 0.415 e. The summed E-state index contributed by atoms with van der Waals surface area (Å²) >= 11 is 0. The van der Waals surface area contributed by atoms with Gasteiger partial charge in [0, 0.05) is 0 Å². The number of rotatable bonds is 2. The number of methoxy groups -OCH3 is 1. The Morgan fingerprint density at radius 2 is 2.00 bits per heavy atom. The Bertz CT molecular complexity index is 714. The van der Waals surface area contributed by atoms with Crippen LogP contribution >= 0.6 is 0 Å². The zero-order valence-corrected chi connectivity index (χ0v) is 12.4. The van der Waals surface area contributed by atoms with Gasteiger partial charge in [-0.3, -0.25) is 4.90 Å². The van der Waals surface area contributed by atoms with Crippen molar-refractivity contribution in [2.24, 2.45) is 0 Å². The Kier molecular flexibility index (Phi) is 3.03. The summed E-state index contributed by atoms with van der Waals surface area (Å²) in [4.78, 5) is 14.2. The second-order valence-electron chi connectivity index (χ2n) is 5.69. The Morgan fingerprint density at radius 1 is 1.18 bits per heavy atom. The minimum atomic E-state index is -0.259. The number of hydrogen-bond donors (Lipinski definition) is 0. The number of fused-ring (bicyclic) bond motifs is 3. The summed E-state index contributed by atoms with van der Waals surface area (Å²) in [5.41, 5.74) is 3.14. The molecule has 4 nitrogen and oxygen atoms in total. The van der Waals surface area contributed by atoms with Crippen molar-refractivity contribution in [1.82, 2.24) is 0 Å². The lowest BCUT2D eigenvalue weighted by atomic mass is 9.91. The first-order valence-electron chi connectivity index (χ1n) is 7.49. The van der Waals surface area contributed by atoms with Crippen LogP contribution < -0.4 is 9.64 Å². The molecule has 112 valence electrons. The molecule has 4 heteroatoms. The molecule has 2 aromatic carbocycles. The Morgan fingerprint density at radius 3 is 2.77 bits per heavy atom. The summed E-state index contributed by atoms with van der Waals surface area (Å²) in [7, 11) is 1.66. The molecular weight excluding hydrogens is 278 g/mol. The molecule has 0 saturated carbocycles. The van der Waals surface area contributed by atoms with E-state index in [1.54, 1.807) is 12.0 Å². The van der Waals surface area contributed by atoms with Crippen LogP contribution in [0.25, 0.3) is 0 Å². The van der Waals surface area contributed by atoms with Crippen molar-refractivity contribution >= 4 is 11.8 Å². The number of carbonyl (C=O) groups is 1. The number of carbonyl (C=O) groups excluding carboxylic acids is 1. The normalized spacial score (nSPS) is 22.8. The lowest BCUT2D eigenvalue weighted by molar-refractivity contribution is 0.131. The second kappa shape index (κ2) is 5.05. The molecule has 4 rings (SSSR count). The first-order chi connectivity index (χ1) is 10.8. The molecule has 0 aromatic heterocycles. The molecule has 2 aliphatic heterocycles. The van der Waals surface area contributed by atoms with E-state index in [0.29, 0.717) is 0 Å². The van der Waals surface area contributed by atoms with Gasteiger partial charge in [0.1, 0.15) is 11.9 Å². The van der Waals surface area contributed by atoms with Crippen LogP contribution in [0.2, 0.25) is 0 Å². The third kappa shape index (κ3) is 1.95. The van der Waals surface area contributed by atoms with Crippen LogP contribution in [0, 0.1) is 0 Å². The van der Waals surface area contributed by atoms with Crippen LogP contribution in [0.4, 0.5) is 10.5 Å². The van der Waals surface area contributed by atoms with Gasteiger partial charge >= 0.3 is 6.09 Å². The fourth-order valence-corrected chi connectivity index (χ4v) is 3.43. The predicted molar refractivity (Wildman–Crippen MR) is 83.2 cm³/mol. The highest BCUT2D eigenvalue weighted by molar-refractivity contribution is 5.92. The highest BCUT2D eigenvalue weighted by Crippen LogP contribution is 2.43. The van der Waals surface area contributed by atoms with Gasteiger partial charge in [0.25, 0.3) is 0 Å². The molecule has 0 bridgehead atoms. The van der Waals surface area contributed by atoms with Gasteiger partial charge in [0.05, 0.1) is 18.8 Å². The van der Waals surface area contributed by atoms with E-state index >= 15 is 0 Å². The van der Waals surface area contributed by atoms with E-state index in [0.717, 1.165) is 35.4 Å². The highest BCUT2D eigenvalue weighted by atomic mass is 16.6. The summed E-state index contributed by atoms with van der Waals surface area (Å²) in [5.74, 6) is 0.823. The third-order valence-electron chi connectivity index (χ3n) is 4.49. The monoisotopic (exact) mass is 295 g/mol. The maximum Gasteiger partial charge on any atom is 0.415 e. The summed E-state index contributed by atoms with van der Waals surface area (Å²) in [6.07, 6.45) is 1.37. The van der Waals surface area contributed by atoms with E-state index in [1.807, 2.05) is 48.5 Å². The van der Waals surface area contributed by atoms with Crippen LogP contribution in [0.3, 0.4) is 0 Å². The van der Waals surface area contributed by atoms with Crippen LogP contribution in [0.15, 0.2) is 48.5 Å². The average molecular weight is 295 g/mol. The summed E-state index contributed by atoms with van der Waals surface area (Å²) in [5, 5.41) is 0. The zero-order valence-electron chi connectivity index (χ0n) is 12.4. The Labute approximate surface area is 129 Å². The SMILES string of the molecule is COc1ccc2c(c1)CC[C@H]1[C@H](c3ccccc3)OC(=O)N21. The van der Waals surface area contributed by atoms with Gasteiger partial charge in [-0.1, -0.05) is 30.3 Å². The molecule has 22 heavy (non-hydrogen) atoms. The van der Waals surface area contributed by atoms with Crippen molar-refractivity contribution in [3.8, 4) is 5.75 Å². The minimum absolute atomic E-state index is 0.0656. The lowest BCUT2D eigenvalue weighted by Gasteiger charge is -2.31. The number of aryl methyl sites for hydroxylation is 1. The fraction of sp³-hybridized carbons (Fsp3) is 0.278. The lowest BCUT2D eigenvalue weighted by Crippen LogP contribution is -2.38. The van der Waals surface area contributed by atoms with Crippen molar-refractivity contribution in [2.75, 3.05) is 12.0 Å². The molecule has 0 aliphatic carbocycles. The maximum atomic E-state index is 12.4. The summed E-state index contributed by atoms with van der Waals surface area (Å²) in [6.45, 7) is 0. The van der Waals surface area contributed by atoms with Crippen molar-refractivity contribution in [2.45, 2.75) is 25.0 Å². The summed E-state index contributed by atoms with van der Waals surface area (Å²) in [6, 6.07) is 15.9. The van der Waals surface area contributed by atoms with Crippen molar-refractivity contribution in [1.29, 1.82) is 0 Å². The average Bonchev–Trinajstić information content (AvgIpc) is 2.92. The number of anilines is 1. The molecule has 1 saturated heterocycles. The quantitative estimate of drug-likeness (QED) is 0.848. The predicted octanol–water partition coefficient (Wildman–Crippen LogP) is 3.71. The molecule has 1 fully saturated rings. The van der Waals surface area contributed by atoms with Gasteiger partial charge in [-0.25, -0.2) is 4.79 Å².